The molecule has 0 saturated heterocycles. The Bertz CT molecular complexity index is 1410. The summed E-state index contributed by atoms with van der Waals surface area (Å²) in [6.07, 6.45) is 1.21. The van der Waals surface area contributed by atoms with E-state index in [1.54, 1.807) is 13.0 Å². The van der Waals surface area contributed by atoms with E-state index in [-0.39, 0.29) is 11.3 Å². The van der Waals surface area contributed by atoms with E-state index >= 15 is 0 Å². The van der Waals surface area contributed by atoms with Crippen molar-refractivity contribution in [3.8, 4) is 22.5 Å². The number of tetrazole rings is 1. The highest BCUT2D eigenvalue weighted by Gasteiger charge is 2.18. The number of nitro groups is 1. The molecule has 5 aromatic rings. The van der Waals surface area contributed by atoms with Crippen molar-refractivity contribution in [2.24, 2.45) is 0 Å². The van der Waals surface area contributed by atoms with Gasteiger partial charge in [-0.3, -0.25) is 10.1 Å². The summed E-state index contributed by atoms with van der Waals surface area (Å²) in [5, 5.41) is 32.8. The fourth-order valence-electron chi connectivity index (χ4n) is 3.54. The molecule has 0 amide bonds. The smallest absolute Gasteiger partial charge is 0.333 e. The maximum Gasteiger partial charge on any atom is 0.333 e. The highest BCUT2D eigenvalue weighted by molar-refractivity contribution is 5.80. The van der Waals surface area contributed by atoms with Crippen LogP contribution < -0.4 is 5.32 Å². The Morgan fingerprint density at radius 1 is 1.12 bits per heavy atom. The molecule has 0 aliphatic rings. The van der Waals surface area contributed by atoms with Crippen molar-refractivity contribution in [2.45, 2.75) is 13.5 Å². The largest absolute Gasteiger partial charge is 0.366 e. The number of fused-ring (bicyclic) bond motifs is 1. The molecule has 2 aromatic carbocycles. The number of aryl methyl sites for hydroxylation is 1. The van der Waals surface area contributed by atoms with Gasteiger partial charge in [0.05, 0.1) is 4.92 Å². The van der Waals surface area contributed by atoms with Gasteiger partial charge in [0.25, 0.3) is 0 Å². The number of benzene rings is 2. The predicted molar refractivity (Wildman–Crippen MR) is 117 cm³/mol. The normalized spacial score (nSPS) is 11.0. The molecule has 2 N–H and O–H groups in total. The topological polar surface area (TPSA) is 140 Å². The van der Waals surface area contributed by atoms with E-state index in [0.717, 1.165) is 22.3 Å². The molecule has 3 aromatic heterocycles. The van der Waals surface area contributed by atoms with Crippen LogP contribution in [0, 0.1) is 17.0 Å². The van der Waals surface area contributed by atoms with E-state index in [4.69, 9.17) is 0 Å². The van der Waals surface area contributed by atoms with Crippen LogP contribution in [0.15, 0.2) is 60.8 Å². The number of hydrogen-bond donors (Lipinski definition) is 2. The first kappa shape index (κ1) is 19.3. The van der Waals surface area contributed by atoms with Gasteiger partial charge in [0.15, 0.2) is 5.82 Å². The zero-order valence-electron chi connectivity index (χ0n) is 16.9. The van der Waals surface area contributed by atoms with Crippen LogP contribution in [0.2, 0.25) is 0 Å². The lowest BCUT2D eigenvalue weighted by atomic mass is 9.98. The van der Waals surface area contributed by atoms with E-state index in [9.17, 15) is 10.1 Å². The van der Waals surface area contributed by atoms with Crippen LogP contribution in [0.1, 0.15) is 11.3 Å². The summed E-state index contributed by atoms with van der Waals surface area (Å²) < 4.78 is 1.45. The minimum atomic E-state index is -0.482. The Labute approximate surface area is 181 Å². The van der Waals surface area contributed by atoms with Crippen molar-refractivity contribution >= 4 is 17.2 Å². The summed E-state index contributed by atoms with van der Waals surface area (Å²) in [5.74, 6) is 1.24. The molecule has 0 spiro atoms. The van der Waals surface area contributed by atoms with Gasteiger partial charge in [-0.1, -0.05) is 48.5 Å². The standard InChI is InChI=1S/C21H17N9O2/c1-13-10-19(29-21(24-13)18(12-23-29)30(31)32)22-11-14-6-8-15(9-7-14)16-4-2-3-5-17(16)20-25-27-28-26-20/h2-10,12,22H,11H2,1H3,(H,25,26,27,28). The molecule has 11 nitrogen and oxygen atoms in total. The lowest BCUT2D eigenvalue weighted by Crippen LogP contribution is -2.07. The summed E-state index contributed by atoms with van der Waals surface area (Å²) in [5.41, 5.74) is 4.76. The van der Waals surface area contributed by atoms with Crippen LogP contribution in [-0.4, -0.2) is 40.1 Å². The van der Waals surface area contributed by atoms with Crippen LogP contribution in [-0.2, 0) is 6.54 Å². The van der Waals surface area contributed by atoms with Gasteiger partial charge in [0.2, 0.25) is 5.65 Å². The van der Waals surface area contributed by atoms with E-state index in [1.807, 2.05) is 48.5 Å². The Balaban J connectivity index is 1.39. The van der Waals surface area contributed by atoms with Crippen molar-refractivity contribution in [1.29, 1.82) is 0 Å². The number of hydrogen-bond acceptors (Lipinski definition) is 8. The van der Waals surface area contributed by atoms with Crippen LogP contribution in [0.25, 0.3) is 28.2 Å². The Morgan fingerprint density at radius 3 is 2.62 bits per heavy atom. The minimum Gasteiger partial charge on any atom is -0.366 e. The van der Waals surface area contributed by atoms with Gasteiger partial charge in [-0.2, -0.15) is 9.61 Å². The number of H-pyrrole nitrogens is 1. The van der Waals surface area contributed by atoms with Gasteiger partial charge in [-0.15, -0.1) is 5.10 Å². The zero-order valence-corrected chi connectivity index (χ0v) is 16.9. The van der Waals surface area contributed by atoms with Crippen molar-refractivity contribution in [3.63, 3.8) is 0 Å². The average Bonchev–Trinajstić information content (AvgIpc) is 3.48. The van der Waals surface area contributed by atoms with Crippen LogP contribution >= 0.6 is 0 Å². The third-order valence-corrected chi connectivity index (χ3v) is 5.04. The Kier molecular flexibility index (Phi) is 4.75. The number of nitrogens with zero attached hydrogens (tertiary/aromatic N) is 7. The van der Waals surface area contributed by atoms with Gasteiger partial charge in [-0.25, -0.2) is 10.1 Å². The fraction of sp³-hybridized carbons (Fsp3) is 0.0952. The highest BCUT2D eigenvalue weighted by atomic mass is 16.6. The zero-order chi connectivity index (χ0) is 22.1. The second kappa shape index (κ2) is 7.87. The number of anilines is 1. The maximum atomic E-state index is 11.2. The third kappa shape index (κ3) is 3.51. The van der Waals surface area contributed by atoms with Crippen LogP contribution in [0.4, 0.5) is 11.5 Å². The minimum absolute atomic E-state index is 0.123. The van der Waals surface area contributed by atoms with E-state index in [1.165, 1.54) is 10.7 Å². The van der Waals surface area contributed by atoms with Gasteiger partial charge in [-0.05, 0) is 34.0 Å². The summed E-state index contributed by atoms with van der Waals surface area (Å²) in [6.45, 7) is 2.30. The molecule has 0 atom stereocenters. The monoisotopic (exact) mass is 427 g/mol. The molecule has 0 unspecified atom stereocenters. The predicted octanol–water partition coefficient (Wildman–Crippen LogP) is 3.41. The fourth-order valence-corrected chi connectivity index (χ4v) is 3.54. The lowest BCUT2D eigenvalue weighted by molar-refractivity contribution is -0.383. The Hall–Kier alpha value is -4.67. The summed E-state index contributed by atoms with van der Waals surface area (Å²) in [6, 6.07) is 17.8. The van der Waals surface area contributed by atoms with E-state index in [0.29, 0.717) is 23.9 Å². The lowest BCUT2D eigenvalue weighted by Gasteiger charge is -2.11. The number of nitrogens with one attached hydrogen (secondary N) is 2. The summed E-state index contributed by atoms with van der Waals surface area (Å²) in [4.78, 5) is 15.0. The van der Waals surface area contributed by atoms with Gasteiger partial charge in [0, 0.05) is 23.9 Å². The molecule has 0 aliphatic heterocycles. The van der Waals surface area contributed by atoms with Crippen molar-refractivity contribution in [3.05, 3.63) is 82.2 Å². The van der Waals surface area contributed by atoms with Crippen molar-refractivity contribution in [2.75, 3.05) is 5.32 Å². The summed E-state index contributed by atoms with van der Waals surface area (Å²) in [7, 11) is 0. The van der Waals surface area contributed by atoms with Crippen molar-refractivity contribution < 1.29 is 4.92 Å². The van der Waals surface area contributed by atoms with E-state index < -0.39 is 4.92 Å². The molecular formula is C21H17N9O2. The molecule has 158 valence electrons. The molecule has 0 bridgehead atoms. The maximum absolute atomic E-state index is 11.2. The Morgan fingerprint density at radius 2 is 1.91 bits per heavy atom. The molecular weight excluding hydrogens is 410 g/mol. The van der Waals surface area contributed by atoms with Crippen LogP contribution in [0.5, 0.6) is 0 Å². The highest BCUT2D eigenvalue weighted by Crippen LogP contribution is 2.30. The number of rotatable bonds is 6. The quantitative estimate of drug-likeness (QED) is 0.310. The molecule has 0 fully saturated rings. The molecule has 11 heteroatoms. The molecule has 32 heavy (non-hydrogen) atoms. The third-order valence-electron chi connectivity index (χ3n) is 5.04. The number of aromatic amines is 1. The first-order chi connectivity index (χ1) is 15.6. The van der Waals surface area contributed by atoms with Crippen molar-refractivity contribution in [1.82, 2.24) is 35.2 Å². The molecule has 0 radical (unpaired) electrons. The van der Waals surface area contributed by atoms with Gasteiger partial charge in [0.1, 0.15) is 12.0 Å². The average molecular weight is 427 g/mol. The van der Waals surface area contributed by atoms with Gasteiger partial charge >= 0.3 is 5.69 Å². The molecule has 3 heterocycles. The second-order valence-corrected chi connectivity index (χ2v) is 7.15. The first-order valence-electron chi connectivity index (χ1n) is 9.76. The second-order valence-electron chi connectivity index (χ2n) is 7.15. The SMILES string of the molecule is Cc1cc(NCc2ccc(-c3ccccc3-c3nnn[nH]3)cc2)n2ncc([N+](=O)[O-])c2n1. The number of aromatic nitrogens is 7. The summed E-state index contributed by atoms with van der Waals surface area (Å²) >= 11 is 0. The van der Waals surface area contributed by atoms with Crippen LogP contribution in [0.3, 0.4) is 0 Å². The first-order valence-corrected chi connectivity index (χ1v) is 9.76. The molecule has 0 saturated carbocycles. The molecule has 0 aliphatic carbocycles. The van der Waals surface area contributed by atoms with E-state index in [2.05, 4.69) is 36.0 Å². The van der Waals surface area contributed by atoms with Gasteiger partial charge < -0.3 is 5.32 Å². The molecule has 5 rings (SSSR count).